The average Bonchev–Trinajstić information content (AvgIpc) is 2.57. The fraction of sp³-hybridized carbons (Fsp3) is 0.273. The molecule has 0 amide bonds. The molecule has 0 aromatic carbocycles. The zero-order chi connectivity index (χ0) is 12.6. The summed E-state index contributed by atoms with van der Waals surface area (Å²) in [6.45, 7) is 1.64. The molecule has 0 spiro atoms. The van der Waals surface area contributed by atoms with E-state index < -0.39 is 12.1 Å². The molecule has 0 aliphatic rings. The first-order chi connectivity index (χ1) is 8.00. The topological polar surface area (TPSA) is 74.8 Å². The molecular formula is C11H11BrN2O3. The minimum atomic E-state index is -1.07. The van der Waals surface area contributed by atoms with Crippen LogP contribution in [0, 0.1) is 0 Å². The lowest BCUT2D eigenvalue weighted by atomic mass is 10.3. The van der Waals surface area contributed by atoms with Crippen LogP contribution in [0.3, 0.4) is 0 Å². The summed E-state index contributed by atoms with van der Waals surface area (Å²) in [5.74, 6) is -0.544. The van der Waals surface area contributed by atoms with Gasteiger partial charge in [-0.15, -0.1) is 0 Å². The maximum atomic E-state index is 11.1. The molecule has 2 aromatic rings. The summed E-state index contributed by atoms with van der Waals surface area (Å²) < 4.78 is 2.40. The molecule has 90 valence electrons. The number of hydrogen-bond donors (Lipinski definition) is 2. The van der Waals surface area contributed by atoms with E-state index in [-0.39, 0.29) is 5.69 Å². The summed E-state index contributed by atoms with van der Waals surface area (Å²) in [7, 11) is 0. The lowest BCUT2D eigenvalue weighted by molar-refractivity contribution is 0.0693. The number of hydrogen-bond acceptors (Lipinski definition) is 3. The number of aromatic nitrogens is 2. The molecule has 6 heteroatoms. The maximum Gasteiger partial charge on any atom is 0.356 e. The van der Waals surface area contributed by atoms with Crippen LogP contribution in [-0.4, -0.2) is 31.7 Å². The highest BCUT2D eigenvalue weighted by atomic mass is 79.9. The highest BCUT2D eigenvalue weighted by Gasteiger charge is 2.18. The molecule has 0 bridgehead atoms. The minimum absolute atomic E-state index is 0.00181. The number of halogens is 1. The van der Waals surface area contributed by atoms with Crippen molar-refractivity contribution in [1.82, 2.24) is 9.38 Å². The predicted octanol–water partition coefficient (Wildman–Crippen LogP) is 1.72. The monoisotopic (exact) mass is 298 g/mol. The number of pyridine rings is 1. The van der Waals surface area contributed by atoms with Crippen molar-refractivity contribution >= 4 is 27.4 Å². The van der Waals surface area contributed by atoms with Gasteiger partial charge in [-0.25, -0.2) is 9.78 Å². The zero-order valence-corrected chi connectivity index (χ0v) is 10.7. The first-order valence-electron chi connectivity index (χ1n) is 5.08. The normalized spacial score (nSPS) is 12.9. The van der Waals surface area contributed by atoms with E-state index in [1.165, 1.54) is 0 Å². The van der Waals surface area contributed by atoms with Crippen LogP contribution in [0.2, 0.25) is 0 Å². The molecule has 1 atom stereocenters. The zero-order valence-electron chi connectivity index (χ0n) is 9.09. The second kappa shape index (κ2) is 4.46. The number of aliphatic hydroxyl groups is 1. The van der Waals surface area contributed by atoms with Crippen LogP contribution in [-0.2, 0) is 6.42 Å². The number of carboxylic acid groups (broad SMARTS) is 1. The Bertz CT molecular complexity index is 577. The van der Waals surface area contributed by atoms with Crippen molar-refractivity contribution in [3.63, 3.8) is 0 Å². The Balaban J connectivity index is 2.71. The SMILES string of the molecule is CC(O)Cc1nc(C(=O)O)c2cccc(Br)n12. The van der Waals surface area contributed by atoms with Gasteiger partial charge in [0.05, 0.1) is 16.2 Å². The Kier molecular flexibility index (Phi) is 3.17. The number of rotatable bonds is 3. The molecule has 17 heavy (non-hydrogen) atoms. The van der Waals surface area contributed by atoms with Gasteiger partial charge in [-0.05, 0) is 35.0 Å². The molecule has 0 aliphatic heterocycles. The van der Waals surface area contributed by atoms with Crippen molar-refractivity contribution in [3.05, 3.63) is 34.3 Å². The maximum absolute atomic E-state index is 11.1. The number of nitrogens with zero attached hydrogens (tertiary/aromatic N) is 2. The van der Waals surface area contributed by atoms with Crippen molar-refractivity contribution in [3.8, 4) is 0 Å². The minimum Gasteiger partial charge on any atom is -0.476 e. The smallest absolute Gasteiger partial charge is 0.356 e. The summed E-state index contributed by atoms with van der Waals surface area (Å²) >= 11 is 3.35. The van der Waals surface area contributed by atoms with E-state index in [0.717, 1.165) is 0 Å². The molecule has 0 radical (unpaired) electrons. The number of fused-ring (bicyclic) bond motifs is 1. The van der Waals surface area contributed by atoms with Crippen LogP contribution >= 0.6 is 15.9 Å². The number of imidazole rings is 1. The molecule has 5 nitrogen and oxygen atoms in total. The molecule has 2 aromatic heterocycles. The first kappa shape index (κ1) is 12.1. The molecule has 2 N–H and O–H groups in total. The highest BCUT2D eigenvalue weighted by molar-refractivity contribution is 9.10. The Morgan fingerprint density at radius 1 is 1.59 bits per heavy atom. The number of carboxylic acids is 1. The second-order valence-corrected chi connectivity index (χ2v) is 4.62. The molecule has 2 rings (SSSR count). The molecule has 2 heterocycles. The van der Waals surface area contributed by atoms with E-state index in [2.05, 4.69) is 20.9 Å². The third kappa shape index (κ3) is 2.18. The van der Waals surface area contributed by atoms with Gasteiger partial charge in [-0.1, -0.05) is 6.07 Å². The highest BCUT2D eigenvalue weighted by Crippen LogP contribution is 2.20. The van der Waals surface area contributed by atoms with Crippen molar-refractivity contribution < 1.29 is 15.0 Å². The fourth-order valence-corrected chi connectivity index (χ4v) is 2.27. The number of aromatic carboxylic acids is 1. The van der Waals surface area contributed by atoms with Crippen LogP contribution in [0.1, 0.15) is 23.2 Å². The van der Waals surface area contributed by atoms with Gasteiger partial charge in [-0.3, -0.25) is 4.40 Å². The van der Waals surface area contributed by atoms with Gasteiger partial charge in [0.15, 0.2) is 5.69 Å². The van der Waals surface area contributed by atoms with Gasteiger partial charge in [0, 0.05) is 6.42 Å². The van der Waals surface area contributed by atoms with Gasteiger partial charge in [0.25, 0.3) is 0 Å². The average molecular weight is 299 g/mol. The lowest BCUT2D eigenvalue weighted by Gasteiger charge is -2.05. The number of carbonyl (C=O) groups is 1. The van der Waals surface area contributed by atoms with Crippen LogP contribution in [0.25, 0.3) is 5.52 Å². The van der Waals surface area contributed by atoms with Crippen LogP contribution < -0.4 is 0 Å². The Morgan fingerprint density at radius 3 is 2.88 bits per heavy atom. The second-order valence-electron chi connectivity index (χ2n) is 3.80. The first-order valence-corrected chi connectivity index (χ1v) is 5.87. The molecule has 0 saturated heterocycles. The quantitative estimate of drug-likeness (QED) is 0.846. The van der Waals surface area contributed by atoms with Gasteiger partial charge in [0.2, 0.25) is 0 Å². The standard InChI is InChI=1S/C11H11BrN2O3/c1-6(15)5-9-13-10(11(16)17)7-3-2-4-8(12)14(7)9/h2-4,6,15H,5H2,1H3,(H,16,17). The molecule has 0 fully saturated rings. The van der Waals surface area contributed by atoms with Gasteiger partial charge >= 0.3 is 5.97 Å². The summed E-state index contributed by atoms with van der Waals surface area (Å²) in [4.78, 5) is 15.1. The van der Waals surface area contributed by atoms with E-state index in [9.17, 15) is 9.90 Å². The van der Waals surface area contributed by atoms with Crippen LogP contribution in [0.15, 0.2) is 22.8 Å². The fourth-order valence-electron chi connectivity index (χ4n) is 1.72. The summed E-state index contributed by atoms with van der Waals surface area (Å²) in [6.07, 6.45) is -0.272. The predicted molar refractivity (Wildman–Crippen MR) is 65.2 cm³/mol. The van der Waals surface area contributed by atoms with Crippen molar-refractivity contribution in [1.29, 1.82) is 0 Å². The number of aliphatic hydroxyl groups excluding tert-OH is 1. The molecule has 0 saturated carbocycles. The van der Waals surface area contributed by atoms with E-state index in [4.69, 9.17) is 5.11 Å². The summed E-state index contributed by atoms with van der Waals surface area (Å²) in [5.41, 5.74) is 0.518. The van der Waals surface area contributed by atoms with Crippen LogP contribution in [0.5, 0.6) is 0 Å². The lowest BCUT2D eigenvalue weighted by Crippen LogP contribution is -2.08. The molecular weight excluding hydrogens is 288 g/mol. The van der Waals surface area contributed by atoms with Crippen molar-refractivity contribution in [2.75, 3.05) is 0 Å². The Morgan fingerprint density at radius 2 is 2.29 bits per heavy atom. The largest absolute Gasteiger partial charge is 0.476 e. The van der Waals surface area contributed by atoms with Crippen molar-refractivity contribution in [2.45, 2.75) is 19.4 Å². The summed E-state index contributed by atoms with van der Waals surface area (Å²) in [6, 6.07) is 5.23. The van der Waals surface area contributed by atoms with E-state index in [1.807, 2.05) is 0 Å². The Hall–Kier alpha value is -1.40. The van der Waals surface area contributed by atoms with Crippen LogP contribution in [0.4, 0.5) is 0 Å². The van der Waals surface area contributed by atoms with E-state index in [1.54, 1.807) is 29.5 Å². The third-order valence-electron chi connectivity index (χ3n) is 2.36. The Labute approximate surface area is 106 Å². The van der Waals surface area contributed by atoms with E-state index in [0.29, 0.717) is 22.4 Å². The third-order valence-corrected chi connectivity index (χ3v) is 2.98. The van der Waals surface area contributed by atoms with Gasteiger partial charge in [0.1, 0.15) is 5.82 Å². The van der Waals surface area contributed by atoms with Gasteiger partial charge < -0.3 is 10.2 Å². The molecule has 1 unspecified atom stereocenters. The van der Waals surface area contributed by atoms with E-state index >= 15 is 0 Å². The van der Waals surface area contributed by atoms with Gasteiger partial charge in [-0.2, -0.15) is 0 Å². The van der Waals surface area contributed by atoms with Crippen molar-refractivity contribution in [2.24, 2.45) is 0 Å². The summed E-state index contributed by atoms with van der Waals surface area (Å²) in [5, 5.41) is 18.5. The molecule has 0 aliphatic carbocycles.